The number of aromatic amines is 1. The molecule has 5 heteroatoms. The molecule has 0 amide bonds. The topological polar surface area (TPSA) is 55.0 Å². The number of rotatable bonds is 4. The number of nitrogens with zero attached hydrogens (tertiary/aromatic N) is 1. The van der Waals surface area contributed by atoms with Crippen LogP contribution >= 0.6 is 0 Å². The van der Waals surface area contributed by atoms with Crippen molar-refractivity contribution in [1.29, 1.82) is 0 Å². The van der Waals surface area contributed by atoms with Gasteiger partial charge in [0.2, 0.25) is 0 Å². The molecule has 2 aromatic rings. The summed E-state index contributed by atoms with van der Waals surface area (Å²) in [5.41, 5.74) is 1.46. The zero-order chi connectivity index (χ0) is 12.3. The second kappa shape index (κ2) is 4.78. The average molecular weight is 234 g/mol. The maximum Gasteiger partial charge on any atom is 0.165 e. The van der Waals surface area contributed by atoms with Crippen LogP contribution in [-0.2, 0) is 0 Å². The van der Waals surface area contributed by atoms with Gasteiger partial charge in [0, 0.05) is 5.56 Å². The quantitative estimate of drug-likeness (QED) is 0.826. The summed E-state index contributed by atoms with van der Waals surface area (Å²) in [5, 5.41) is 6.41. The van der Waals surface area contributed by atoms with E-state index in [2.05, 4.69) is 10.2 Å². The molecule has 0 aliphatic carbocycles. The minimum Gasteiger partial charge on any atom is -0.491 e. The second-order valence-electron chi connectivity index (χ2n) is 3.40. The number of nitrogens with one attached hydrogen (secondary N) is 1. The Labute approximate surface area is 97.4 Å². The maximum atomic E-state index is 13.6. The first-order valence-electron chi connectivity index (χ1n) is 5.17. The summed E-state index contributed by atoms with van der Waals surface area (Å²) in [4.78, 5) is 10.7. The van der Waals surface area contributed by atoms with Crippen molar-refractivity contribution < 1.29 is 13.9 Å². The third kappa shape index (κ3) is 2.18. The number of halogens is 1. The number of carbonyl (C=O) groups is 1. The molecule has 0 saturated carbocycles. The van der Waals surface area contributed by atoms with Crippen molar-refractivity contribution in [3.8, 4) is 17.0 Å². The van der Waals surface area contributed by atoms with Gasteiger partial charge in [-0.15, -0.1) is 0 Å². The maximum absolute atomic E-state index is 13.6. The van der Waals surface area contributed by atoms with Gasteiger partial charge in [-0.2, -0.15) is 5.10 Å². The van der Waals surface area contributed by atoms with Crippen molar-refractivity contribution in [2.75, 3.05) is 6.61 Å². The molecule has 0 aliphatic heterocycles. The summed E-state index contributed by atoms with van der Waals surface area (Å²) >= 11 is 0. The molecule has 2 rings (SSSR count). The Bertz CT molecular complexity index is 537. The van der Waals surface area contributed by atoms with Crippen molar-refractivity contribution >= 4 is 6.29 Å². The first-order chi connectivity index (χ1) is 8.26. The minimum absolute atomic E-state index is 0.198. The van der Waals surface area contributed by atoms with Gasteiger partial charge in [-0.05, 0) is 25.1 Å². The van der Waals surface area contributed by atoms with Crippen LogP contribution < -0.4 is 4.74 Å². The molecular formula is C12H11FN2O2. The largest absolute Gasteiger partial charge is 0.491 e. The second-order valence-corrected chi connectivity index (χ2v) is 3.40. The Morgan fingerprint density at radius 1 is 1.53 bits per heavy atom. The van der Waals surface area contributed by atoms with Gasteiger partial charge in [0.05, 0.1) is 24.1 Å². The SMILES string of the molecule is CCOc1ccc(-c2[nH]ncc2C=O)cc1F. The normalized spacial score (nSPS) is 10.2. The lowest BCUT2D eigenvalue weighted by molar-refractivity contribution is 0.112. The van der Waals surface area contributed by atoms with Crippen LogP contribution in [0.1, 0.15) is 17.3 Å². The summed E-state index contributed by atoms with van der Waals surface area (Å²) in [6, 6.07) is 4.52. The molecule has 0 radical (unpaired) electrons. The Morgan fingerprint density at radius 3 is 3.00 bits per heavy atom. The Kier molecular flexibility index (Phi) is 3.18. The van der Waals surface area contributed by atoms with Crippen LogP contribution in [0.3, 0.4) is 0 Å². The molecule has 0 unspecified atom stereocenters. The van der Waals surface area contributed by atoms with E-state index in [4.69, 9.17) is 4.74 Å². The third-order valence-electron chi connectivity index (χ3n) is 2.32. The molecule has 0 atom stereocenters. The van der Waals surface area contributed by atoms with Gasteiger partial charge in [-0.1, -0.05) is 0 Å². The van der Waals surface area contributed by atoms with E-state index in [1.807, 2.05) is 0 Å². The molecule has 0 fully saturated rings. The van der Waals surface area contributed by atoms with Gasteiger partial charge in [0.15, 0.2) is 17.9 Å². The summed E-state index contributed by atoms with van der Waals surface area (Å²) in [7, 11) is 0. The van der Waals surface area contributed by atoms with Gasteiger partial charge in [0.25, 0.3) is 0 Å². The molecule has 88 valence electrons. The summed E-state index contributed by atoms with van der Waals surface area (Å²) < 4.78 is 18.7. The molecular weight excluding hydrogens is 223 g/mol. The van der Waals surface area contributed by atoms with Crippen LogP contribution in [0.15, 0.2) is 24.4 Å². The van der Waals surface area contributed by atoms with Crippen LogP contribution in [-0.4, -0.2) is 23.1 Å². The summed E-state index contributed by atoms with van der Waals surface area (Å²) in [6.45, 7) is 2.19. The van der Waals surface area contributed by atoms with Crippen LogP contribution in [0.25, 0.3) is 11.3 Å². The smallest absolute Gasteiger partial charge is 0.165 e. The van der Waals surface area contributed by atoms with E-state index < -0.39 is 5.82 Å². The van der Waals surface area contributed by atoms with Crippen molar-refractivity contribution in [3.63, 3.8) is 0 Å². The molecule has 1 N–H and O–H groups in total. The number of aldehydes is 1. The Balaban J connectivity index is 2.41. The van der Waals surface area contributed by atoms with E-state index in [1.54, 1.807) is 13.0 Å². The van der Waals surface area contributed by atoms with Gasteiger partial charge < -0.3 is 4.74 Å². The molecule has 0 saturated heterocycles. The molecule has 1 aromatic carbocycles. The third-order valence-corrected chi connectivity index (χ3v) is 2.32. The van der Waals surface area contributed by atoms with Gasteiger partial charge >= 0.3 is 0 Å². The van der Waals surface area contributed by atoms with E-state index >= 15 is 0 Å². The van der Waals surface area contributed by atoms with Gasteiger partial charge in [-0.25, -0.2) is 4.39 Å². The number of carbonyl (C=O) groups excluding carboxylic acids is 1. The number of aromatic nitrogens is 2. The van der Waals surface area contributed by atoms with E-state index in [0.29, 0.717) is 29.7 Å². The average Bonchev–Trinajstić information content (AvgIpc) is 2.80. The van der Waals surface area contributed by atoms with E-state index in [9.17, 15) is 9.18 Å². The number of hydrogen-bond acceptors (Lipinski definition) is 3. The Hall–Kier alpha value is -2.17. The van der Waals surface area contributed by atoms with Gasteiger partial charge in [-0.3, -0.25) is 9.89 Å². The molecule has 0 spiro atoms. The van der Waals surface area contributed by atoms with E-state index in [0.717, 1.165) is 0 Å². The minimum atomic E-state index is -0.462. The highest BCUT2D eigenvalue weighted by Gasteiger charge is 2.10. The lowest BCUT2D eigenvalue weighted by Crippen LogP contribution is -1.95. The van der Waals surface area contributed by atoms with Crippen molar-refractivity contribution in [2.24, 2.45) is 0 Å². The molecule has 4 nitrogen and oxygen atoms in total. The van der Waals surface area contributed by atoms with E-state index in [-0.39, 0.29) is 5.75 Å². The first kappa shape index (κ1) is 11.3. The van der Waals surface area contributed by atoms with Crippen LogP contribution in [0, 0.1) is 5.82 Å². The van der Waals surface area contributed by atoms with Crippen LogP contribution in [0.5, 0.6) is 5.75 Å². The predicted octanol–water partition coefficient (Wildman–Crippen LogP) is 2.43. The van der Waals surface area contributed by atoms with Gasteiger partial charge in [0.1, 0.15) is 0 Å². The zero-order valence-electron chi connectivity index (χ0n) is 9.24. The molecule has 1 heterocycles. The van der Waals surface area contributed by atoms with Crippen molar-refractivity contribution in [2.45, 2.75) is 6.92 Å². The molecule has 0 aliphatic rings. The number of H-pyrrole nitrogens is 1. The van der Waals surface area contributed by atoms with E-state index in [1.165, 1.54) is 18.3 Å². The lowest BCUT2D eigenvalue weighted by Gasteiger charge is -2.06. The fourth-order valence-corrected chi connectivity index (χ4v) is 1.54. The molecule has 1 aromatic heterocycles. The predicted molar refractivity (Wildman–Crippen MR) is 60.5 cm³/mol. The van der Waals surface area contributed by atoms with Crippen LogP contribution in [0.2, 0.25) is 0 Å². The number of benzene rings is 1. The first-order valence-corrected chi connectivity index (χ1v) is 5.17. The Morgan fingerprint density at radius 2 is 2.35 bits per heavy atom. The van der Waals surface area contributed by atoms with Crippen LogP contribution in [0.4, 0.5) is 4.39 Å². The fourth-order valence-electron chi connectivity index (χ4n) is 1.54. The molecule has 17 heavy (non-hydrogen) atoms. The summed E-state index contributed by atoms with van der Waals surface area (Å²) in [5.74, 6) is -0.265. The fraction of sp³-hybridized carbons (Fsp3) is 0.167. The monoisotopic (exact) mass is 234 g/mol. The highest BCUT2D eigenvalue weighted by molar-refractivity contribution is 5.85. The zero-order valence-corrected chi connectivity index (χ0v) is 9.24. The highest BCUT2D eigenvalue weighted by atomic mass is 19.1. The van der Waals surface area contributed by atoms with Crippen molar-refractivity contribution in [1.82, 2.24) is 10.2 Å². The number of hydrogen-bond donors (Lipinski definition) is 1. The van der Waals surface area contributed by atoms with Crippen molar-refractivity contribution in [3.05, 3.63) is 35.8 Å². The molecule has 0 bridgehead atoms. The standard InChI is InChI=1S/C12H11FN2O2/c1-2-17-11-4-3-8(5-10(11)13)12-9(7-16)6-14-15-12/h3-7H,2H2,1H3,(H,14,15). The highest BCUT2D eigenvalue weighted by Crippen LogP contribution is 2.25. The number of ether oxygens (including phenoxy) is 1. The lowest BCUT2D eigenvalue weighted by atomic mass is 10.1. The summed E-state index contributed by atoms with van der Waals surface area (Å²) in [6.07, 6.45) is 2.07.